The van der Waals surface area contributed by atoms with Crippen LogP contribution in [-0.2, 0) is 11.3 Å². The minimum atomic E-state index is 0.274. The van der Waals surface area contributed by atoms with Crippen molar-refractivity contribution >= 4 is 5.91 Å². The van der Waals surface area contributed by atoms with Crippen LogP contribution in [0.3, 0.4) is 0 Å². The Morgan fingerprint density at radius 2 is 2.00 bits per heavy atom. The molecule has 1 N–H and O–H groups in total. The van der Waals surface area contributed by atoms with Crippen molar-refractivity contribution in [2.24, 2.45) is 17.8 Å². The highest BCUT2D eigenvalue weighted by atomic mass is 16.2. The number of rotatable bonds is 5. The molecule has 1 saturated heterocycles. The van der Waals surface area contributed by atoms with Gasteiger partial charge in [-0.15, -0.1) is 0 Å². The minimum absolute atomic E-state index is 0.274. The minimum Gasteiger partial charge on any atom is -0.354 e. The summed E-state index contributed by atoms with van der Waals surface area (Å²) in [6.07, 6.45) is 11.0. The molecule has 0 spiro atoms. The van der Waals surface area contributed by atoms with E-state index in [2.05, 4.69) is 15.2 Å². The quantitative estimate of drug-likeness (QED) is 0.883. The summed E-state index contributed by atoms with van der Waals surface area (Å²) in [5.74, 6) is 1.85. The van der Waals surface area contributed by atoms with E-state index < -0.39 is 0 Å². The maximum atomic E-state index is 12.2. The van der Waals surface area contributed by atoms with Gasteiger partial charge >= 0.3 is 0 Å². The van der Waals surface area contributed by atoms with Crippen LogP contribution in [0.4, 0.5) is 0 Å². The Labute approximate surface area is 125 Å². The van der Waals surface area contributed by atoms with Crippen LogP contribution >= 0.6 is 0 Å². The van der Waals surface area contributed by atoms with E-state index in [0.717, 1.165) is 25.7 Å². The van der Waals surface area contributed by atoms with Crippen molar-refractivity contribution in [2.75, 3.05) is 19.6 Å². The Kier molecular flexibility index (Phi) is 3.45. The smallest absolute Gasteiger partial charge is 0.223 e. The predicted octanol–water partition coefficient (Wildman–Crippen LogP) is 1.12. The summed E-state index contributed by atoms with van der Waals surface area (Å²) in [4.78, 5) is 18.9. The fourth-order valence-electron chi connectivity index (χ4n) is 4.36. The molecular weight excluding hydrogens is 264 g/mol. The number of aromatic nitrogens is 2. The second-order valence-electron chi connectivity index (χ2n) is 6.84. The number of carbonyl (C=O) groups is 1. The molecule has 0 radical (unpaired) electrons. The monoisotopic (exact) mass is 288 g/mol. The third-order valence-corrected chi connectivity index (χ3v) is 5.59. The lowest BCUT2D eigenvalue weighted by Gasteiger charge is -2.26. The first kappa shape index (κ1) is 13.3. The molecule has 2 heterocycles. The van der Waals surface area contributed by atoms with Crippen LogP contribution in [0.25, 0.3) is 0 Å². The number of likely N-dealkylation sites (tertiary alicyclic amines) is 1. The van der Waals surface area contributed by atoms with Gasteiger partial charge in [-0.1, -0.05) is 12.8 Å². The molecule has 0 aromatic carbocycles. The highest BCUT2D eigenvalue weighted by Crippen LogP contribution is 2.53. The number of hydrogen-bond acceptors (Lipinski definition) is 3. The topological polar surface area (TPSA) is 50.2 Å². The predicted molar refractivity (Wildman–Crippen MR) is 79.5 cm³/mol. The lowest BCUT2D eigenvalue weighted by Crippen LogP contribution is -2.37. The zero-order valence-electron chi connectivity index (χ0n) is 12.4. The van der Waals surface area contributed by atoms with Crippen molar-refractivity contribution in [3.05, 3.63) is 18.7 Å². The van der Waals surface area contributed by atoms with Crippen LogP contribution in [-0.4, -0.2) is 46.0 Å². The molecule has 5 heteroatoms. The number of hydrogen-bond donors (Lipinski definition) is 1. The highest BCUT2D eigenvalue weighted by molar-refractivity contribution is 5.82. The molecule has 1 aromatic rings. The van der Waals surface area contributed by atoms with Gasteiger partial charge in [0.1, 0.15) is 0 Å². The zero-order valence-corrected chi connectivity index (χ0v) is 12.4. The van der Waals surface area contributed by atoms with Gasteiger partial charge in [0.2, 0.25) is 5.91 Å². The summed E-state index contributed by atoms with van der Waals surface area (Å²) in [5.41, 5.74) is 0. The lowest BCUT2D eigenvalue weighted by molar-refractivity contribution is -0.123. The average molecular weight is 288 g/mol. The molecule has 3 atom stereocenters. The summed E-state index contributed by atoms with van der Waals surface area (Å²) < 4.78 is 2.00. The molecule has 1 amide bonds. The van der Waals surface area contributed by atoms with Gasteiger partial charge in [0.25, 0.3) is 0 Å². The van der Waals surface area contributed by atoms with Gasteiger partial charge in [0.05, 0.1) is 6.33 Å². The maximum Gasteiger partial charge on any atom is 0.223 e. The Morgan fingerprint density at radius 1 is 1.24 bits per heavy atom. The zero-order chi connectivity index (χ0) is 14.2. The van der Waals surface area contributed by atoms with E-state index in [4.69, 9.17) is 0 Å². The third kappa shape index (κ3) is 2.59. The molecule has 1 aromatic heterocycles. The lowest BCUT2D eigenvalue weighted by atomic mass is 10.1. The molecule has 1 aliphatic heterocycles. The van der Waals surface area contributed by atoms with Crippen LogP contribution in [0, 0.1) is 17.8 Å². The number of imidazole rings is 1. The largest absolute Gasteiger partial charge is 0.354 e. The van der Waals surface area contributed by atoms with E-state index in [9.17, 15) is 4.79 Å². The van der Waals surface area contributed by atoms with E-state index >= 15 is 0 Å². The van der Waals surface area contributed by atoms with Crippen molar-refractivity contribution in [1.29, 1.82) is 0 Å². The molecule has 2 aliphatic carbocycles. The van der Waals surface area contributed by atoms with Gasteiger partial charge in [-0.3, -0.25) is 9.69 Å². The van der Waals surface area contributed by atoms with Crippen LogP contribution < -0.4 is 5.32 Å². The first-order chi connectivity index (χ1) is 10.3. The molecule has 4 rings (SSSR count). The SMILES string of the molecule is O=C(NCCn1ccnc1)C1[C@H]2CN(C3CCCC3)C[C@@H]12. The Bertz CT molecular complexity index is 482. The molecule has 1 unspecified atom stereocenters. The Hall–Kier alpha value is -1.36. The van der Waals surface area contributed by atoms with Crippen molar-refractivity contribution in [2.45, 2.75) is 38.3 Å². The second kappa shape index (κ2) is 5.44. The molecule has 5 nitrogen and oxygen atoms in total. The summed E-state index contributed by atoms with van der Waals surface area (Å²) in [5, 5.41) is 3.09. The third-order valence-electron chi connectivity index (χ3n) is 5.59. The van der Waals surface area contributed by atoms with Crippen LogP contribution in [0.5, 0.6) is 0 Å². The Balaban J connectivity index is 1.20. The molecule has 3 fully saturated rings. The molecule has 114 valence electrons. The van der Waals surface area contributed by atoms with Gasteiger partial charge in [-0.2, -0.15) is 0 Å². The van der Waals surface area contributed by atoms with Crippen LogP contribution in [0.2, 0.25) is 0 Å². The fourth-order valence-corrected chi connectivity index (χ4v) is 4.36. The van der Waals surface area contributed by atoms with Crippen molar-refractivity contribution < 1.29 is 4.79 Å². The van der Waals surface area contributed by atoms with E-state index in [1.807, 2.05) is 10.8 Å². The summed E-state index contributed by atoms with van der Waals surface area (Å²) in [6.45, 7) is 3.84. The van der Waals surface area contributed by atoms with Gasteiger partial charge in [-0.25, -0.2) is 4.98 Å². The van der Waals surface area contributed by atoms with E-state index in [0.29, 0.717) is 24.3 Å². The van der Waals surface area contributed by atoms with Crippen molar-refractivity contribution in [3.8, 4) is 0 Å². The number of nitrogens with one attached hydrogen (secondary N) is 1. The number of nitrogens with zero attached hydrogens (tertiary/aromatic N) is 3. The van der Waals surface area contributed by atoms with Crippen molar-refractivity contribution in [1.82, 2.24) is 19.8 Å². The maximum absolute atomic E-state index is 12.2. The molecule has 3 aliphatic rings. The summed E-state index contributed by atoms with van der Waals surface area (Å²) in [6, 6.07) is 0.822. The standard InChI is InChI=1S/C16H24N4O/c21-16(18-6-8-19-7-5-17-11-19)15-13-9-20(10-14(13)15)12-3-1-2-4-12/h5,7,11-15H,1-4,6,8-10H2,(H,18,21)/t13-,14+,15?. The number of carbonyl (C=O) groups excluding carboxylic acids is 1. The molecule has 21 heavy (non-hydrogen) atoms. The highest BCUT2D eigenvalue weighted by Gasteiger charge is 2.59. The first-order valence-corrected chi connectivity index (χ1v) is 8.30. The van der Waals surface area contributed by atoms with Gasteiger partial charge in [0.15, 0.2) is 0 Å². The fraction of sp³-hybridized carbons (Fsp3) is 0.750. The molecule has 2 saturated carbocycles. The molecular formula is C16H24N4O. The van der Waals surface area contributed by atoms with Crippen LogP contribution in [0.15, 0.2) is 18.7 Å². The van der Waals surface area contributed by atoms with Crippen LogP contribution in [0.1, 0.15) is 25.7 Å². The van der Waals surface area contributed by atoms with E-state index in [1.165, 1.54) is 25.7 Å². The average Bonchev–Trinajstić information content (AvgIpc) is 3.04. The van der Waals surface area contributed by atoms with Crippen molar-refractivity contribution in [3.63, 3.8) is 0 Å². The normalized spacial score (nSPS) is 32.3. The van der Waals surface area contributed by atoms with Gasteiger partial charge in [0, 0.05) is 50.5 Å². The first-order valence-electron chi connectivity index (χ1n) is 8.30. The number of amides is 1. The second-order valence-corrected chi connectivity index (χ2v) is 6.84. The van der Waals surface area contributed by atoms with E-state index in [-0.39, 0.29) is 5.91 Å². The van der Waals surface area contributed by atoms with Gasteiger partial charge in [-0.05, 0) is 24.7 Å². The van der Waals surface area contributed by atoms with E-state index in [1.54, 1.807) is 12.5 Å². The van der Waals surface area contributed by atoms with Gasteiger partial charge < -0.3 is 9.88 Å². The molecule has 0 bridgehead atoms. The number of piperidine rings is 1. The summed E-state index contributed by atoms with van der Waals surface area (Å²) >= 11 is 0. The summed E-state index contributed by atoms with van der Waals surface area (Å²) in [7, 11) is 0. The Morgan fingerprint density at radius 3 is 2.67 bits per heavy atom. The number of fused-ring (bicyclic) bond motifs is 1.